The molecule has 0 unspecified atom stereocenters. The van der Waals surface area contributed by atoms with E-state index in [1.54, 1.807) is 4.90 Å². The van der Waals surface area contributed by atoms with E-state index in [2.05, 4.69) is 26.6 Å². The average molecular weight is 433 g/mol. The zero-order chi connectivity index (χ0) is 18.6. The highest BCUT2D eigenvalue weighted by Gasteiger charge is 2.28. The highest BCUT2D eigenvalue weighted by molar-refractivity contribution is 9.10. The molecular weight excluding hydrogens is 410 g/mol. The van der Waals surface area contributed by atoms with Crippen molar-refractivity contribution in [1.82, 2.24) is 10.2 Å². The lowest BCUT2D eigenvalue weighted by molar-refractivity contribution is 0.0242. The van der Waals surface area contributed by atoms with Gasteiger partial charge in [-0.3, -0.25) is 4.90 Å². The Morgan fingerprint density at radius 1 is 1.28 bits per heavy atom. The first-order chi connectivity index (χ1) is 11.7. The molecule has 3 amide bonds. The predicted octanol–water partition coefficient (Wildman–Crippen LogP) is 4.45. The van der Waals surface area contributed by atoms with Crippen LogP contribution in [0.5, 0.6) is 0 Å². The van der Waals surface area contributed by atoms with Gasteiger partial charge in [-0.25, -0.2) is 9.59 Å². The second kappa shape index (κ2) is 8.27. The fourth-order valence-corrected chi connectivity index (χ4v) is 3.03. The Hall–Kier alpha value is -1.47. The van der Waals surface area contributed by atoms with E-state index in [9.17, 15) is 9.59 Å². The van der Waals surface area contributed by atoms with Gasteiger partial charge in [0, 0.05) is 30.0 Å². The molecule has 138 valence electrons. The first kappa shape index (κ1) is 19.8. The number of carbonyl (C=O) groups excluding carboxylic acids is 2. The molecule has 1 heterocycles. The molecule has 1 aromatic carbocycles. The van der Waals surface area contributed by atoms with E-state index in [-0.39, 0.29) is 12.1 Å². The minimum atomic E-state index is -0.528. The second-order valence-corrected chi connectivity index (χ2v) is 8.09. The van der Waals surface area contributed by atoms with E-state index < -0.39 is 5.60 Å². The van der Waals surface area contributed by atoms with Crippen LogP contribution in [0.3, 0.4) is 0 Å². The van der Waals surface area contributed by atoms with Crippen LogP contribution in [0.25, 0.3) is 0 Å². The van der Waals surface area contributed by atoms with Crippen molar-refractivity contribution >= 4 is 45.3 Å². The lowest BCUT2D eigenvalue weighted by Crippen LogP contribution is -2.33. The van der Waals surface area contributed by atoms with Crippen molar-refractivity contribution in [3.63, 3.8) is 0 Å². The number of anilines is 1. The van der Waals surface area contributed by atoms with Gasteiger partial charge in [0.15, 0.2) is 0 Å². The summed E-state index contributed by atoms with van der Waals surface area (Å²) in [5.74, 6) is 0.503. The van der Waals surface area contributed by atoms with Crippen molar-refractivity contribution in [3.05, 3.63) is 27.7 Å². The monoisotopic (exact) mass is 431 g/mol. The Balaban J connectivity index is 2.02. The van der Waals surface area contributed by atoms with Crippen molar-refractivity contribution in [2.24, 2.45) is 0 Å². The molecule has 2 rings (SSSR count). The van der Waals surface area contributed by atoms with Crippen LogP contribution in [-0.4, -0.2) is 35.1 Å². The molecule has 6 nitrogen and oxygen atoms in total. The molecule has 0 aromatic heterocycles. The van der Waals surface area contributed by atoms with Gasteiger partial charge in [0.1, 0.15) is 5.60 Å². The first-order valence-corrected chi connectivity index (χ1v) is 9.42. The van der Waals surface area contributed by atoms with E-state index in [1.807, 2.05) is 32.9 Å². The van der Waals surface area contributed by atoms with Gasteiger partial charge in [-0.05, 0) is 66.4 Å². The number of benzene rings is 1. The van der Waals surface area contributed by atoms with Gasteiger partial charge in [-0.2, -0.15) is 0 Å². The maximum absolute atomic E-state index is 12.2. The van der Waals surface area contributed by atoms with Crippen molar-refractivity contribution in [2.45, 2.75) is 45.9 Å². The number of halogens is 2. The number of hydrogen-bond acceptors (Lipinski definition) is 3. The molecule has 1 aliphatic rings. The Kier molecular flexibility index (Phi) is 6.57. The maximum atomic E-state index is 12.2. The molecule has 0 atom stereocenters. The van der Waals surface area contributed by atoms with Crippen LogP contribution in [-0.2, 0) is 17.8 Å². The first-order valence-electron chi connectivity index (χ1n) is 8.09. The summed E-state index contributed by atoms with van der Waals surface area (Å²) in [4.78, 5) is 25.8. The third-order valence-electron chi connectivity index (χ3n) is 3.51. The molecule has 0 bridgehead atoms. The minimum Gasteiger partial charge on any atom is -0.444 e. The average Bonchev–Trinajstić information content (AvgIpc) is 2.89. The largest absolute Gasteiger partial charge is 0.444 e. The smallest absolute Gasteiger partial charge is 0.410 e. The van der Waals surface area contributed by atoms with Gasteiger partial charge in [0.25, 0.3) is 0 Å². The van der Waals surface area contributed by atoms with Crippen LogP contribution in [0.15, 0.2) is 16.6 Å². The predicted molar refractivity (Wildman–Crippen MR) is 102 cm³/mol. The van der Waals surface area contributed by atoms with Crippen LogP contribution >= 0.6 is 27.5 Å². The molecule has 1 aromatic rings. The van der Waals surface area contributed by atoms with Gasteiger partial charge in [-0.15, -0.1) is 11.6 Å². The topological polar surface area (TPSA) is 70.7 Å². The van der Waals surface area contributed by atoms with Gasteiger partial charge in [-0.1, -0.05) is 0 Å². The SMILES string of the molecule is CC(C)(C)OC(=O)N1Cc2cc(Br)c(NC(=O)NCCCCl)cc2C1. The number of amides is 3. The molecule has 0 fully saturated rings. The van der Waals surface area contributed by atoms with Crippen LogP contribution in [0.2, 0.25) is 0 Å². The fraction of sp³-hybridized carbons (Fsp3) is 0.529. The lowest BCUT2D eigenvalue weighted by atomic mass is 10.1. The molecule has 0 radical (unpaired) electrons. The summed E-state index contributed by atoms with van der Waals surface area (Å²) in [5.41, 5.74) is 2.16. The van der Waals surface area contributed by atoms with Gasteiger partial charge < -0.3 is 15.4 Å². The molecule has 0 saturated carbocycles. The number of nitrogens with one attached hydrogen (secondary N) is 2. The summed E-state index contributed by atoms with van der Waals surface area (Å²) >= 11 is 9.06. The second-order valence-electron chi connectivity index (χ2n) is 6.86. The highest BCUT2D eigenvalue weighted by atomic mass is 79.9. The summed E-state index contributed by atoms with van der Waals surface area (Å²) in [7, 11) is 0. The standard InChI is InChI=1S/C17H23BrClN3O3/c1-17(2,3)25-16(24)22-9-11-7-13(18)14(8-12(11)10-22)21-15(23)20-6-4-5-19/h7-8H,4-6,9-10H2,1-3H3,(H2,20,21,23). The summed E-state index contributed by atoms with van der Waals surface area (Å²) in [6, 6.07) is 3.52. The van der Waals surface area contributed by atoms with Crippen LogP contribution in [0.1, 0.15) is 38.3 Å². The minimum absolute atomic E-state index is 0.284. The molecule has 0 saturated heterocycles. The molecule has 1 aliphatic heterocycles. The number of rotatable bonds is 4. The zero-order valence-electron chi connectivity index (χ0n) is 14.6. The fourth-order valence-electron chi connectivity index (χ4n) is 2.41. The van der Waals surface area contributed by atoms with Crippen molar-refractivity contribution in [2.75, 3.05) is 17.7 Å². The van der Waals surface area contributed by atoms with E-state index in [4.69, 9.17) is 16.3 Å². The van der Waals surface area contributed by atoms with Gasteiger partial charge >= 0.3 is 12.1 Å². The summed E-state index contributed by atoms with van der Waals surface area (Å²) in [5, 5.41) is 5.55. The number of nitrogens with zero attached hydrogens (tertiary/aromatic N) is 1. The number of urea groups is 1. The number of ether oxygens (including phenoxy) is 1. The Morgan fingerprint density at radius 2 is 1.92 bits per heavy atom. The Labute approximate surface area is 161 Å². The molecule has 0 aliphatic carbocycles. The van der Waals surface area contributed by atoms with Crippen molar-refractivity contribution < 1.29 is 14.3 Å². The lowest BCUT2D eigenvalue weighted by Gasteiger charge is -2.24. The van der Waals surface area contributed by atoms with Gasteiger partial charge in [0.2, 0.25) is 0 Å². The number of fused-ring (bicyclic) bond motifs is 1. The Bertz CT molecular complexity index is 661. The quantitative estimate of drug-likeness (QED) is 0.545. The van der Waals surface area contributed by atoms with E-state index in [0.717, 1.165) is 15.6 Å². The zero-order valence-corrected chi connectivity index (χ0v) is 17.0. The number of hydrogen-bond donors (Lipinski definition) is 2. The summed E-state index contributed by atoms with van der Waals surface area (Å²) in [6.45, 7) is 7.00. The summed E-state index contributed by atoms with van der Waals surface area (Å²) in [6.07, 6.45) is 0.374. The molecule has 25 heavy (non-hydrogen) atoms. The number of carbonyl (C=O) groups is 2. The van der Waals surface area contributed by atoms with Gasteiger partial charge in [0.05, 0.1) is 5.69 Å². The highest BCUT2D eigenvalue weighted by Crippen LogP contribution is 2.32. The molecule has 0 spiro atoms. The molecular formula is C17H23BrClN3O3. The van der Waals surface area contributed by atoms with Crippen LogP contribution in [0, 0.1) is 0 Å². The number of alkyl halides is 1. The van der Waals surface area contributed by atoms with E-state index in [0.29, 0.717) is 37.6 Å². The van der Waals surface area contributed by atoms with E-state index >= 15 is 0 Å². The van der Waals surface area contributed by atoms with Crippen molar-refractivity contribution in [3.8, 4) is 0 Å². The van der Waals surface area contributed by atoms with Crippen LogP contribution in [0.4, 0.5) is 15.3 Å². The normalized spacial score (nSPS) is 13.4. The third kappa shape index (κ3) is 5.78. The maximum Gasteiger partial charge on any atom is 0.410 e. The third-order valence-corrected chi connectivity index (χ3v) is 4.43. The van der Waals surface area contributed by atoms with Crippen LogP contribution < -0.4 is 10.6 Å². The summed E-state index contributed by atoms with van der Waals surface area (Å²) < 4.78 is 6.19. The molecule has 2 N–H and O–H groups in total. The van der Waals surface area contributed by atoms with E-state index in [1.165, 1.54) is 0 Å². The Morgan fingerprint density at radius 3 is 2.52 bits per heavy atom. The van der Waals surface area contributed by atoms with Crippen molar-refractivity contribution in [1.29, 1.82) is 0 Å². The molecule has 8 heteroatoms.